The number of rotatable bonds is 8. The van der Waals surface area contributed by atoms with Crippen LogP contribution in [0.1, 0.15) is 18.1 Å². The fourth-order valence-electron chi connectivity index (χ4n) is 4.48. The second-order valence-electron chi connectivity index (χ2n) is 8.84. The third-order valence-corrected chi connectivity index (χ3v) is 6.89. The van der Waals surface area contributed by atoms with Crippen LogP contribution in [0.2, 0.25) is 0 Å². The number of carbonyl (C=O) groups is 1. The van der Waals surface area contributed by atoms with E-state index in [1.54, 1.807) is 12.1 Å². The fraction of sp³-hybridized carbons (Fsp3) is 0.0909. The molecule has 5 rings (SSSR count). The van der Waals surface area contributed by atoms with Crippen LogP contribution in [0.4, 0.5) is 5.69 Å². The summed E-state index contributed by atoms with van der Waals surface area (Å²) in [7, 11) is 0. The Morgan fingerprint density at radius 1 is 0.897 bits per heavy atom. The molecule has 0 saturated carbocycles. The topological polar surface area (TPSA) is 71.3 Å². The summed E-state index contributed by atoms with van der Waals surface area (Å²) in [6, 6.07) is 33.3. The van der Waals surface area contributed by atoms with E-state index in [4.69, 9.17) is 9.47 Å². The normalized spacial score (nSPS) is 11.3. The van der Waals surface area contributed by atoms with Crippen LogP contribution in [0.5, 0.6) is 11.5 Å². The highest BCUT2D eigenvalue weighted by atomic mass is 79.9. The molecule has 0 aliphatic heterocycles. The summed E-state index contributed by atoms with van der Waals surface area (Å²) < 4.78 is 12.8. The molecule has 39 heavy (non-hydrogen) atoms. The smallest absolute Gasteiger partial charge is 0.266 e. The Hall–Kier alpha value is -4.60. The predicted molar refractivity (Wildman–Crippen MR) is 160 cm³/mol. The number of ether oxygens (including phenoxy) is 2. The third kappa shape index (κ3) is 5.79. The van der Waals surface area contributed by atoms with Gasteiger partial charge < -0.3 is 14.8 Å². The van der Waals surface area contributed by atoms with Crippen molar-refractivity contribution < 1.29 is 14.3 Å². The SMILES string of the molecule is CCOc1cc(/C=C(\C#N)C(=O)Nc2cccc3ccccc23)cc(Br)c1OCc1cccc2ccccc12. The lowest BCUT2D eigenvalue weighted by Gasteiger charge is -2.16. The van der Waals surface area contributed by atoms with Gasteiger partial charge in [0, 0.05) is 11.1 Å². The Morgan fingerprint density at radius 3 is 2.31 bits per heavy atom. The quantitative estimate of drug-likeness (QED) is 0.149. The minimum absolute atomic E-state index is 0.0262. The molecule has 0 radical (unpaired) electrons. The van der Waals surface area contributed by atoms with Gasteiger partial charge >= 0.3 is 0 Å². The van der Waals surface area contributed by atoms with Crippen molar-refractivity contribution in [2.75, 3.05) is 11.9 Å². The van der Waals surface area contributed by atoms with E-state index in [-0.39, 0.29) is 5.57 Å². The summed E-state index contributed by atoms with van der Waals surface area (Å²) in [5, 5.41) is 16.9. The van der Waals surface area contributed by atoms with Crippen molar-refractivity contribution >= 4 is 55.1 Å². The number of nitrogens with zero attached hydrogens (tertiary/aromatic N) is 1. The molecule has 192 valence electrons. The molecular formula is C33H25BrN2O3. The first-order valence-electron chi connectivity index (χ1n) is 12.5. The number of hydrogen-bond donors (Lipinski definition) is 1. The van der Waals surface area contributed by atoms with Crippen molar-refractivity contribution in [3.8, 4) is 17.6 Å². The number of halogens is 1. The highest BCUT2D eigenvalue weighted by molar-refractivity contribution is 9.10. The lowest BCUT2D eigenvalue weighted by molar-refractivity contribution is -0.112. The zero-order chi connectivity index (χ0) is 27.2. The number of amides is 1. The number of anilines is 1. The molecule has 5 nitrogen and oxygen atoms in total. The Morgan fingerprint density at radius 2 is 1.56 bits per heavy atom. The lowest BCUT2D eigenvalue weighted by atomic mass is 10.1. The maximum absolute atomic E-state index is 13.1. The zero-order valence-electron chi connectivity index (χ0n) is 21.3. The number of hydrogen-bond acceptors (Lipinski definition) is 4. The van der Waals surface area contributed by atoms with Crippen LogP contribution in [0.25, 0.3) is 27.6 Å². The molecule has 0 saturated heterocycles. The average molecular weight is 577 g/mol. The van der Waals surface area contributed by atoms with Gasteiger partial charge in [0.15, 0.2) is 11.5 Å². The van der Waals surface area contributed by atoms with Gasteiger partial charge in [0.05, 0.1) is 11.1 Å². The number of fused-ring (bicyclic) bond motifs is 2. The zero-order valence-corrected chi connectivity index (χ0v) is 22.9. The molecule has 0 aromatic heterocycles. The number of carbonyl (C=O) groups excluding carboxylic acids is 1. The van der Waals surface area contributed by atoms with Gasteiger partial charge in [-0.15, -0.1) is 0 Å². The summed E-state index contributed by atoms with van der Waals surface area (Å²) in [5.74, 6) is 0.588. The largest absolute Gasteiger partial charge is 0.490 e. The molecule has 0 atom stereocenters. The van der Waals surface area contributed by atoms with E-state index in [0.29, 0.717) is 40.4 Å². The first-order valence-corrected chi connectivity index (χ1v) is 13.3. The minimum atomic E-state index is -0.487. The van der Waals surface area contributed by atoms with Crippen LogP contribution in [-0.4, -0.2) is 12.5 Å². The van der Waals surface area contributed by atoms with Gasteiger partial charge in [-0.3, -0.25) is 4.79 Å². The molecule has 0 aliphatic carbocycles. The monoisotopic (exact) mass is 576 g/mol. The molecule has 5 aromatic carbocycles. The third-order valence-electron chi connectivity index (χ3n) is 6.30. The second-order valence-corrected chi connectivity index (χ2v) is 9.69. The van der Waals surface area contributed by atoms with Crippen LogP contribution >= 0.6 is 15.9 Å². The maximum Gasteiger partial charge on any atom is 0.266 e. The van der Waals surface area contributed by atoms with E-state index in [9.17, 15) is 10.1 Å². The molecule has 0 unspecified atom stereocenters. The highest BCUT2D eigenvalue weighted by Gasteiger charge is 2.16. The van der Waals surface area contributed by atoms with Crippen LogP contribution in [0.15, 0.2) is 107 Å². The Bertz CT molecular complexity index is 1740. The average Bonchev–Trinajstić information content (AvgIpc) is 2.96. The molecule has 0 aliphatic rings. The molecule has 1 amide bonds. The van der Waals surface area contributed by atoms with Gasteiger partial charge in [-0.2, -0.15) is 5.26 Å². The van der Waals surface area contributed by atoms with Crippen LogP contribution < -0.4 is 14.8 Å². The van der Waals surface area contributed by atoms with E-state index in [0.717, 1.165) is 27.1 Å². The molecule has 0 bridgehead atoms. The van der Waals surface area contributed by atoms with Crippen LogP contribution in [-0.2, 0) is 11.4 Å². The van der Waals surface area contributed by atoms with Crippen molar-refractivity contribution in [3.63, 3.8) is 0 Å². The molecule has 6 heteroatoms. The number of nitriles is 1. The Balaban J connectivity index is 1.41. The number of nitrogens with one attached hydrogen (secondary N) is 1. The van der Waals surface area contributed by atoms with E-state index in [2.05, 4.69) is 39.4 Å². The second kappa shape index (κ2) is 11.8. The molecule has 1 N–H and O–H groups in total. The minimum Gasteiger partial charge on any atom is -0.490 e. The van der Waals surface area contributed by atoms with Crippen molar-refractivity contribution in [1.29, 1.82) is 5.26 Å². The lowest BCUT2D eigenvalue weighted by Crippen LogP contribution is -2.13. The molecule has 0 spiro atoms. The predicted octanol–water partition coefficient (Wildman–Crippen LogP) is 8.28. The van der Waals surface area contributed by atoms with Crippen LogP contribution in [0, 0.1) is 11.3 Å². The van der Waals surface area contributed by atoms with Crippen molar-refractivity contribution in [3.05, 3.63) is 118 Å². The van der Waals surface area contributed by atoms with Gasteiger partial charge in [-0.05, 0) is 74.4 Å². The maximum atomic E-state index is 13.1. The summed E-state index contributed by atoms with van der Waals surface area (Å²) in [4.78, 5) is 13.1. The van der Waals surface area contributed by atoms with E-state index < -0.39 is 5.91 Å². The standard InChI is InChI=1S/C33H25BrN2O3/c1-2-38-31-19-22(17-26(20-35)33(37)36-30-16-8-12-24-10-4-6-15-28(24)30)18-29(34)32(31)39-21-25-13-7-11-23-9-3-5-14-27(23)25/h3-19H,2,21H2,1H3,(H,36,37)/b26-17+. The first kappa shape index (κ1) is 26.0. The van der Waals surface area contributed by atoms with Crippen LogP contribution in [0.3, 0.4) is 0 Å². The van der Waals surface area contributed by atoms with Gasteiger partial charge in [0.1, 0.15) is 18.2 Å². The Kier molecular flexibility index (Phi) is 7.91. The summed E-state index contributed by atoms with van der Waals surface area (Å²) in [6.45, 7) is 2.67. The van der Waals surface area contributed by atoms with E-state index in [1.165, 1.54) is 0 Å². The number of benzene rings is 5. The fourth-order valence-corrected chi connectivity index (χ4v) is 5.06. The van der Waals surface area contributed by atoms with Gasteiger partial charge in [0.25, 0.3) is 5.91 Å². The van der Waals surface area contributed by atoms with E-state index >= 15 is 0 Å². The molecular weight excluding hydrogens is 552 g/mol. The van der Waals surface area contributed by atoms with E-state index in [1.807, 2.05) is 85.8 Å². The van der Waals surface area contributed by atoms with Gasteiger partial charge in [-0.1, -0.05) is 78.9 Å². The first-order chi connectivity index (χ1) is 19.1. The molecule has 0 fully saturated rings. The summed E-state index contributed by atoms with van der Waals surface area (Å²) in [6.07, 6.45) is 1.54. The Labute approximate surface area is 235 Å². The summed E-state index contributed by atoms with van der Waals surface area (Å²) >= 11 is 3.60. The molecule has 5 aromatic rings. The highest BCUT2D eigenvalue weighted by Crippen LogP contribution is 2.38. The van der Waals surface area contributed by atoms with Crippen molar-refractivity contribution in [2.45, 2.75) is 13.5 Å². The molecule has 0 heterocycles. The van der Waals surface area contributed by atoms with Gasteiger partial charge in [0.2, 0.25) is 0 Å². The van der Waals surface area contributed by atoms with Crippen molar-refractivity contribution in [1.82, 2.24) is 0 Å². The van der Waals surface area contributed by atoms with Gasteiger partial charge in [-0.25, -0.2) is 0 Å². The van der Waals surface area contributed by atoms with Crippen molar-refractivity contribution in [2.24, 2.45) is 0 Å². The summed E-state index contributed by atoms with van der Waals surface area (Å²) in [5.41, 5.74) is 2.31.